The third-order valence-electron chi connectivity index (χ3n) is 3.07. The van der Waals surface area contributed by atoms with E-state index in [-0.39, 0.29) is 5.91 Å². The Hall–Kier alpha value is -1.52. The van der Waals surface area contributed by atoms with Crippen molar-refractivity contribution in [2.75, 3.05) is 11.9 Å². The fourth-order valence-electron chi connectivity index (χ4n) is 2.15. The molecular formula is C15H11BrClNO2. The van der Waals surface area contributed by atoms with Gasteiger partial charge in [-0.2, -0.15) is 0 Å². The van der Waals surface area contributed by atoms with E-state index in [4.69, 9.17) is 16.3 Å². The molecule has 0 aromatic heterocycles. The zero-order valence-electron chi connectivity index (χ0n) is 10.5. The average molecular weight is 353 g/mol. The molecule has 1 aliphatic rings. The maximum absolute atomic E-state index is 12.2. The molecule has 1 amide bonds. The quantitative estimate of drug-likeness (QED) is 0.875. The summed E-state index contributed by atoms with van der Waals surface area (Å²) in [5.74, 6) is 0.709. The van der Waals surface area contributed by atoms with E-state index in [9.17, 15) is 4.79 Å². The van der Waals surface area contributed by atoms with Gasteiger partial charge in [-0.1, -0.05) is 27.5 Å². The molecule has 0 aliphatic carbocycles. The van der Waals surface area contributed by atoms with Gasteiger partial charge in [0.15, 0.2) is 0 Å². The second-order valence-corrected chi connectivity index (χ2v) is 5.89. The van der Waals surface area contributed by atoms with Crippen LogP contribution in [-0.2, 0) is 6.42 Å². The van der Waals surface area contributed by atoms with Gasteiger partial charge >= 0.3 is 0 Å². The molecule has 20 heavy (non-hydrogen) atoms. The van der Waals surface area contributed by atoms with Gasteiger partial charge in [0.25, 0.3) is 5.91 Å². The fourth-order valence-corrected chi connectivity index (χ4v) is 3.01. The molecule has 0 spiro atoms. The molecule has 2 aromatic carbocycles. The van der Waals surface area contributed by atoms with Crippen LogP contribution < -0.4 is 10.1 Å². The van der Waals surface area contributed by atoms with Crippen molar-refractivity contribution in [3.8, 4) is 5.75 Å². The van der Waals surface area contributed by atoms with E-state index in [1.54, 1.807) is 18.2 Å². The number of benzene rings is 2. The summed E-state index contributed by atoms with van der Waals surface area (Å²) in [6, 6.07) is 10.8. The average Bonchev–Trinajstić information content (AvgIpc) is 2.85. The highest BCUT2D eigenvalue weighted by Crippen LogP contribution is 2.28. The Morgan fingerprint density at radius 1 is 1.25 bits per heavy atom. The fraction of sp³-hybridized carbons (Fsp3) is 0.133. The van der Waals surface area contributed by atoms with Crippen molar-refractivity contribution in [1.29, 1.82) is 0 Å². The number of fused-ring (bicyclic) bond motifs is 1. The molecule has 0 bridgehead atoms. The van der Waals surface area contributed by atoms with Crippen LogP contribution in [0.1, 0.15) is 15.9 Å². The van der Waals surface area contributed by atoms with Crippen LogP contribution in [0.2, 0.25) is 5.02 Å². The molecule has 0 fully saturated rings. The summed E-state index contributed by atoms with van der Waals surface area (Å²) >= 11 is 9.27. The molecule has 102 valence electrons. The summed E-state index contributed by atoms with van der Waals surface area (Å²) in [7, 11) is 0. The number of hydrogen-bond acceptors (Lipinski definition) is 2. The number of halogens is 2. The SMILES string of the molecule is O=C(Nc1ccc2c(c1)CCO2)c1cc(Cl)cc(Br)c1. The molecule has 2 aromatic rings. The van der Waals surface area contributed by atoms with Crippen LogP contribution in [0, 0.1) is 0 Å². The molecule has 3 nitrogen and oxygen atoms in total. The summed E-state index contributed by atoms with van der Waals surface area (Å²) in [4.78, 5) is 12.2. The number of carbonyl (C=O) groups is 1. The molecule has 1 aliphatic heterocycles. The number of nitrogens with one attached hydrogen (secondary N) is 1. The number of ether oxygens (including phenoxy) is 1. The largest absolute Gasteiger partial charge is 0.493 e. The van der Waals surface area contributed by atoms with Crippen LogP contribution in [0.4, 0.5) is 5.69 Å². The van der Waals surface area contributed by atoms with Crippen molar-refractivity contribution >= 4 is 39.1 Å². The smallest absolute Gasteiger partial charge is 0.255 e. The van der Waals surface area contributed by atoms with E-state index in [0.29, 0.717) is 17.2 Å². The summed E-state index contributed by atoms with van der Waals surface area (Å²) in [5.41, 5.74) is 2.39. The lowest BCUT2D eigenvalue weighted by atomic mass is 10.1. The van der Waals surface area contributed by atoms with Gasteiger partial charge in [-0.25, -0.2) is 0 Å². The normalized spacial score (nSPS) is 12.7. The van der Waals surface area contributed by atoms with Crippen molar-refractivity contribution in [2.24, 2.45) is 0 Å². The van der Waals surface area contributed by atoms with Crippen LogP contribution >= 0.6 is 27.5 Å². The lowest BCUT2D eigenvalue weighted by Crippen LogP contribution is -2.12. The maximum Gasteiger partial charge on any atom is 0.255 e. The third kappa shape index (κ3) is 2.81. The van der Waals surface area contributed by atoms with Gasteiger partial charge in [-0.15, -0.1) is 0 Å². The molecule has 0 radical (unpaired) electrons. The van der Waals surface area contributed by atoms with Crippen LogP contribution in [0.25, 0.3) is 0 Å². The summed E-state index contributed by atoms with van der Waals surface area (Å²) in [6.45, 7) is 0.702. The molecule has 0 saturated heterocycles. The van der Waals surface area contributed by atoms with Crippen molar-refractivity contribution in [3.63, 3.8) is 0 Å². The predicted molar refractivity (Wildman–Crippen MR) is 82.7 cm³/mol. The van der Waals surface area contributed by atoms with Crippen LogP contribution in [0.5, 0.6) is 5.75 Å². The van der Waals surface area contributed by atoms with E-state index in [1.165, 1.54) is 0 Å². The zero-order valence-corrected chi connectivity index (χ0v) is 12.8. The van der Waals surface area contributed by atoms with Crippen molar-refractivity contribution in [1.82, 2.24) is 0 Å². The summed E-state index contributed by atoms with van der Waals surface area (Å²) < 4.78 is 6.21. The molecule has 5 heteroatoms. The summed E-state index contributed by atoms with van der Waals surface area (Å²) in [5, 5.41) is 3.39. The molecular weight excluding hydrogens is 342 g/mol. The number of rotatable bonds is 2. The molecule has 1 N–H and O–H groups in total. The lowest BCUT2D eigenvalue weighted by Gasteiger charge is -2.07. The molecule has 0 atom stereocenters. The highest BCUT2D eigenvalue weighted by atomic mass is 79.9. The number of hydrogen-bond donors (Lipinski definition) is 1. The van der Waals surface area contributed by atoms with Gasteiger partial charge in [-0.3, -0.25) is 4.79 Å². The van der Waals surface area contributed by atoms with Crippen molar-refractivity contribution in [3.05, 3.63) is 57.0 Å². The van der Waals surface area contributed by atoms with Crippen LogP contribution in [-0.4, -0.2) is 12.5 Å². The molecule has 0 unspecified atom stereocenters. The first kappa shape index (κ1) is 13.5. The Labute approximate surface area is 130 Å². The van der Waals surface area contributed by atoms with E-state index in [0.717, 1.165) is 27.9 Å². The van der Waals surface area contributed by atoms with E-state index in [2.05, 4.69) is 21.2 Å². The van der Waals surface area contributed by atoms with E-state index >= 15 is 0 Å². The third-order valence-corrected chi connectivity index (χ3v) is 3.75. The van der Waals surface area contributed by atoms with Gasteiger partial charge < -0.3 is 10.1 Å². The van der Waals surface area contributed by atoms with Gasteiger partial charge in [0, 0.05) is 27.2 Å². The van der Waals surface area contributed by atoms with E-state index < -0.39 is 0 Å². The minimum atomic E-state index is -0.188. The van der Waals surface area contributed by atoms with Crippen LogP contribution in [0.3, 0.4) is 0 Å². The molecule has 3 rings (SSSR count). The second-order valence-electron chi connectivity index (χ2n) is 4.53. The van der Waals surface area contributed by atoms with E-state index in [1.807, 2.05) is 18.2 Å². The summed E-state index contributed by atoms with van der Waals surface area (Å²) in [6.07, 6.45) is 0.877. The zero-order chi connectivity index (χ0) is 14.1. The Morgan fingerprint density at radius 2 is 2.10 bits per heavy atom. The Bertz CT molecular complexity index is 667. The first-order valence-corrected chi connectivity index (χ1v) is 7.32. The van der Waals surface area contributed by atoms with Crippen LogP contribution in [0.15, 0.2) is 40.9 Å². The topological polar surface area (TPSA) is 38.3 Å². The van der Waals surface area contributed by atoms with Crippen molar-refractivity contribution in [2.45, 2.75) is 6.42 Å². The second kappa shape index (κ2) is 5.46. The Kier molecular flexibility index (Phi) is 3.68. The van der Waals surface area contributed by atoms with Gasteiger partial charge in [-0.05, 0) is 42.0 Å². The Balaban J connectivity index is 1.82. The van der Waals surface area contributed by atoms with Crippen molar-refractivity contribution < 1.29 is 9.53 Å². The van der Waals surface area contributed by atoms with Gasteiger partial charge in [0.1, 0.15) is 5.75 Å². The minimum Gasteiger partial charge on any atom is -0.493 e. The molecule has 1 heterocycles. The molecule has 0 saturated carbocycles. The Morgan fingerprint density at radius 3 is 2.90 bits per heavy atom. The highest BCUT2D eigenvalue weighted by molar-refractivity contribution is 9.10. The predicted octanol–water partition coefficient (Wildman–Crippen LogP) is 4.29. The standard InChI is InChI=1S/C15H11BrClNO2/c16-11-5-10(6-12(17)8-11)15(19)18-13-1-2-14-9(7-13)3-4-20-14/h1-2,5-8H,3-4H2,(H,18,19). The first-order chi connectivity index (χ1) is 9.61. The van der Waals surface area contributed by atoms with Gasteiger partial charge in [0.05, 0.1) is 6.61 Å². The first-order valence-electron chi connectivity index (χ1n) is 6.15. The maximum atomic E-state index is 12.2. The number of anilines is 1. The lowest BCUT2D eigenvalue weighted by molar-refractivity contribution is 0.102. The highest BCUT2D eigenvalue weighted by Gasteiger charge is 2.14. The minimum absolute atomic E-state index is 0.188. The number of amides is 1. The van der Waals surface area contributed by atoms with Gasteiger partial charge in [0.2, 0.25) is 0 Å². The number of carbonyl (C=O) groups excluding carboxylic acids is 1. The monoisotopic (exact) mass is 351 g/mol.